The van der Waals surface area contributed by atoms with E-state index in [1.165, 1.54) is 19.4 Å². The van der Waals surface area contributed by atoms with Crippen molar-refractivity contribution in [2.75, 3.05) is 13.1 Å². The molecular formula is C7H12N+. The number of quaternary nitrogens is 1. The maximum atomic E-state index is 5.23. The van der Waals surface area contributed by atoms with E-state index in [9.17, 15) is 0 Å². The Hall–Kier alpha value is -0.480. The van der Waals surface area contributed by atoms with Crippen LogP contribution in [-0.2, 0) is 0 Å². The number of hydrogen-bond acceptors (Lipinski definition) is 0. The van der Waals surface area contributed by atoms with Crippen LogP contribution >= 0.6 is 0 Å². The van der Waals surface area contributed by atoms with Crippen LogP contribution in [0.1, 0.15) is 12.8 Å². The molecule has 0 unspecified atom stereocenters. The number of hydrogen-bond donors (Lipinski definition) is 1. The van der Waals surface area contributed by atoms with Gasteiger partial charge in [0.15, 0.2) is 0 Å². The Morgan fingerprint density at radius 2 is 2.50 bits per heavy atom. The van der Waals surface area contributed by atoms with E-state index in [2.05, 4.69) is 11.2 Å². The Bertz CT molecular complexity index is 95.4. The summed E-state index contributed by atoms with van der Waals surface area (Å²) in [7, 11) is 0. The molecule has 0 bridgehead atoms. The number of rotatable bonds is 0. The minimum absolute atomic E-state index is 0.559. The maximum Gasteiger partial charge on any atom is 0.0895 e. The number of nitrogens with two attached hydrogens (primary N) is 1. The van der Waals surface area contributed by atoms with Crippen molar-refractivity contribution in [3.63, 3.8) is 0 Å². The molecular weight excluding hydrogens is 98.1 g/mol. The van der Waals surface area contributed by atoms with Crippen molar-refractivity contribution in [1.29, 1.82) is 0 Å². The van der Waals surface area contributed by atoms with Crippen molar-refractivity contribution < 1.29 is 5.32 Å². The van der Waals surface area contributed by atoms with Crippen LogP contribution in [0.5, 0.6) is 0 Å². The Kier molecular flexibility index (Phi) is 1.93. The Labute approximate surface area is 50.5 Å². The Balaban J connectivity index is 2.25. The summed E-state index contributed by atoms with van der Waals surface area (Å²) in [5.74, 6) is 3.33. The van der Waals surface area contributed by atoms with Crippen molar-refractivity contribution in [3.05, 3.63) is 0 Å². The van der Waals surface area contributed by atoms with Crippen LogP contribution in [0.2, 0.25) is 0 Å². The molecule has 1 atom stereocenters. The third-order valence-electron chi connectivity index (χ3n) is 1.65. The van der Waals surface area contributed by atoms with Gasteiger partial charge in [-0.15, -0.1) is 6.42 Å². The van der Waals surface area contributed by atoms with Crippen molar-refractivity contribution in [2.45, 2.75) is 12.8 Å². The minimum atomic E-state index is 0.559. The third-order valence-corrected chi connectivity index (χ3v) is 1.65. The van der Waals surface area contributed by atoms with Gasteiger partial charge >= 0.3 is 0 Å². The van der Waals surface area contributed by atoms with E-state index >= 15 is 0 Å². The highest BCUT2D eigenvalue weighted by Gasteiger charge is 2.11. The fourth-order valence-corrected chi connectivity index (χ4v) is 1.10. The second kappa shape index (κ2) is 2.74. The zero-order valence-electron chi connectivity index (χ0n) is 5.06. The summed E-state index contributed by atoms with van der Waals surface area (Å²) in [4.78, 5) is 0. The molecule has 8 heavy (non-hydrogen) atoms. The molecule has 0 amide bonds. The summed E-state index contributed by atoms with van der Waals surface area (Å²) in [6, 6.07) is 0. The average Bonchev–Trinajstić information content (AvgIpc) is 1.90. The first-order valence-corrected chi connectivity index (χ1v) is 3.21. The van der Waals surface area contributed by atoms with Gasteiger partial charge in [0, 0.05) is 0 Å². The van der Waals surface area contributed by atoms with Gasteiger partial charge < -0.3 is 5.32 Å². The highest BCUT2D eigenvalue weighted by molar-refractivity contribution is 4.92. The van der Waals surface area contributed by atoms with Gasteiger partial charge in [0.2, 0.25) is 0 Å². The largest absolute Gasteiger partial charge is 0.345 e. The van der Waals surface area contributed by atoms with Crippen LogP contribution in [0.15, 0.2) is 0 Å². The first-order chi connectivity index (χ1) is 3.93. The number of terminal acetylenes is 1. The van der Waals surface area contributed by atoms with Crippen LogP contribution < -0.4 is 5.32 Å². The summed E-state index contributed by atoms with van der Waals surface area (Å²) in [6.45, 7) is 2.43. The zero-order chi connectivity index (χ0) is 5.82. The summed E-state index contributed by atoms with van der Waals surface area (Å²) in [6.07, 6.45) is 7.78. The highest BCUT2D eigenvalue weighted by atomic mass is 14.9. The third kappa shape index (κ3) is 1.24. The zero-order valence-corrected chi connectivity index (χ0v) is 5.06. The molecule has 2 N–H and O–H groups in total. The predicted molar refractivity (Wildman–Crippen MR) is 33.2 cm³/mol. The topological polar surface area (TPSA) is 16.6 Å². The predicted octanol–water partition coefficient (Wildman–Crippen LogP) is -0.407. The van der Waals surface area contributed by atoms with Crippen molar-refractivity contribution in [2.24, 2.45) is 5.92 Å². The van der Waals surface area contributed by atoms with E-state index in [-0.39, 0.29) is 0 Å². The second-order valence-electron chi connectivity index (χ2n) is 2.32. The maximum absolute atomic E-state index is 5.23. The standard InChI is InChI=1S/C7H11N/c1-2-7-4-3-5-8-6-7/h1,7-8H,3-6H2/p+1/t7-/m1/s1. The van der Waals surface area contributed by atoms with Crippen LogP contribution in [0.25, 0.3) is 0 Å². The van der Waals surface area contributed by atoms with E-state index in [0.717, 1.165) is 6.54 Å². The monoisotopic (exact) mass is 110 g/mol. The quantitative estimate of drug-likeness (QED) is 0.408. The van der Waals surface area contributed by atoms with E-state index in [0.29, 0.717) is 5.92 Å². The molecule has 1 rings (SSSR count). The van der Waals surface area contributed by atoms with Crippen molar-refractivity contribution in [3.8, 4) is 12.3 Å². The summed E-state index contributed by atoms with van der Waals surface area (Å²) < 4.78 is 0. The van der Waals surface area contributed by atoms with Gasteiger partial charge in [-0.25, -0.2) is 0 Å². The van der Waals surface area contributed by atoms with Gasteiger partial charge in [0.1, 0.15) is 0 Å². The van der Waals surface area contributed by atoms with Gasteiger partial charge in [0.05, 0.1) is 19.0 Å². The Morgan fingerprint density at radius 3 is 2.88 bits per heavy atom. The molecule has 0 saturated carbocycles. The summed E-state index contributed by atoms with van der Waals surface area (Å²) in [5, 5.41) is 2.30. The van der Waals surface area contributed by atoms with E-state index in [1.54, 1.807) is 0 Å². The van der Waals surface area contributed by atoms with Crippen LogP contribution in [0.4, 0.5) is 0 Å². The van der Waals surface area contributed by atoms with Crippen LogP contribution in [0, 0.1) is 18.3 Å². The molecule has 0 aromatic carbocycles. The lowest BCUT2D eigenvalue weighted by Crippen LogP contribution is -2.87. The van der Waals surface area contributed by atoms with Crippen LogP contribution in [-0.4, -0.2) is 13.1 Å². The SMILES string of the molecule is C#C[C@@H]1CCC[NH2+]C1. The van der Waals surface area contributed by atoms with Gasteiger partial charge in [-0.2, -0.15) is 0 Å². The molecule has 0 radical (unpaired) electrons. The molecule has 1 aliphatic heterocycles. The first kappa shape index (κ1) is 5.65. The first-order valence-electron chi connectivity index (χ1n) is 3.21. The molecule has 1 aliphatic rings. The molecule has 0 aliphatic carbocycles. The highest BCUT2D eigenvalue weighted by Crippen LogP contribution is 2.02. The van der Waals surface area contributed by atoms with Crippen LogP contribution in [0.3, 0.4) is 0 Å². The molecule has 1 nitrogen and oxygen atoms in total. The normalized spacial score (nSPS) is 29.1. The van der Waals surface area contributed by atoms with Crippen molar-refractivity contribution in [1.82, 2.24) is 0 Å². The fraction of sp³-hybridized carbons (Fsp3) is 0.714. The summed E-state index contributed by atoms with van der Waals surface area (Å²) in [5.41, 5.74) is 0. The molecule has 44 valence electrons. The smallest absolute Gasteiger partial charge is 0.0895 e. The van der Waals surface area contributed by atoms with Gasteiger partial charge in [-0.05, 0) is 12.8 Å². The second-order valence-corrected chi connectivity index (χ2v) is 2.32. The van der Waals surface area contributed by atoms with E-state index in [4.69, 9.17) is 6.42 Å². The molecule has 0 spiro atoms. The lowest BCUT2D eigenvalue weighted by atomic mass is 10.0. The Morgan fingerprint density at radius 1 is 1.62 bits per heavy atom. The van der Waals surface area contributed by atoms with Gasteiger partial charge in [-0.1, -0.05) is 5.92 Å². The molecule has 0 aromatic rings. The number of piperidine rings is 1. The van der Waals surface area contributed by atoms with E-state index < -0.39 is 0 Å². The lowest BCUT2D eigenvalue weighted by Gasteiger charge is -2.13. The van der Waals surface area contributed by atoms with Gasteiger partial charge in [0.25, 0.3) is 0 Å². The minimum Gasteiger partial charge on any atom is -0.345 e. The average molecular weight is 110 g/mol. The molecule has 0 aromatic heterocycles. The molecule has 1 heteroatoms. The molecule has 1 fully saturated rings. The molecule has 1 saturated heterocycles. The van der Waals surface area contributed by atoms with Crippen molar-refractivity contribution >= 4 is 0 Å². The lowest BCUT2D eigenvalue weighted by molar-refractivity contribution is -0.666. The summed E-state index contributed by atoms with van der Waals surface area (Å²) >= 11 is 0. The fourth-order valence-electron chi connectivity index (χ4n) is 1.10. The van der Waals surface area contributed by atoms with E-state index in [1.807, 2.05) is 0 Å². The molecule has 1 heterocycles. The van der Waals surface area contributed by atoms with Gasteiger partial charge in [-0.3, -0.25) is 0 Å².